The van der Waals surface area contributed by atoms with Gasteiger partial charge in [-0.25, -0.2) is 0 Å². The maximum Gasteiger partial charge on any atom is 0.231 e. The van der Waals surface area contributed by atoms with Gasteiger partial charge in [0.1, 0.15) is 11.6 Å². The number of benzene rings is 2. The van der Waals surface area contributed by atoms with Gasteiger partial charge in [0.05, 0.1) is 13.7 Å². The molecule has 0 saturated heterocycles. The summed E-state index contributed by atoms with van der Waals surface area (Å²) in [4.78, 5) is 12.7. The summed E-state index contributed by atoms with van der Waals surface area (Å²) in [5.41, 5.74) is 1.03. The van der Waals surface area contributed by atoms with E-state index in [1.54, 1.807) is 36.4 Å². The van der Waals surface area contributed by atoms with Crippen LogP contribution >= 0.6 is 0 Å². The molecule has 2 aromatic rings. The van der Waals surface area contributed by atoms with E-state index in [1.807, 2.05) is 13.0 Å². The number of fused-ring (bicyclic) bond motifs is 1. The van der Waals surface area contributed by atoms with E-state index in [2.05, 4.69) is 0 Å². The number of nitrogens with zero attached hydrogens (tertiary/aromatic N) is 1. The summed E-state index contributed by atoms with van der Waals surface area (Å²) >= 11 is 0. The van der Waals surface area contributed by atoms with E-state index in [1.165, 1.54) is 13.2 Å². The average Bonchev–Trinajstić information content (AvgIpc) is 3.14. The first kappa shape index (κ1) is 17.4. The Morgan fingerprint density at radius 3 is 2.73 bits per heavy atom. The summed E-state index contributed by atoms with van der Waals surface area (Å²) < 4.78 is 21.3. The minimum absolute atomic E-state index is 0.00933. The van der Waals surface area contributed by atoms with Crippen LogP contribution in [0.5, 0.6) is 23.0 Å². The number of ketones is 1. The van der Waals surface area contributed by atoms with Crippen molar-refractivity contribution in [2.75, 3.05) is 20.5 Å². The lowest BCUT2D eigenvalue weighted by atomic mass is 10.0. The highest BCUT2D eigenvalue weighted by atomic mass is 16.7. The van der Waals surface area contributed by atoms with Crippen molar-refractivity contribution in [3.8, 4) is 29.1 Å². The van der Waals surface area contributed by atoms with Gasteiger partial charge in [0.25, 0.3) is 0 Å². The van der Waals surface area contributed by atoms with Crippen LogP contribution < -0.4 is 18.9 Å². The van der Waals surface area contributed by atoms with Crippen LogP contribution in [0.4, 0.5) is 0 Å². The Labute approximate surface area is 151 Å². The summed E-state index contributed by atoms with van der Waals surface area (Å²) in [5.74, 6) is 1.83. The summed E-state index contributed by atoms with van der Waals surface area (Å²) in [6.45, 7) is 2.52. The maximum absolute atomic E-state index is 12.7. The third kappa shape index (κ3) is 3.47. The number of carbonyl (C=O) groups is 1. The SMILES string of the molecule is CCOc1ccc(/C=C(/C#N)C(=O)c2ccc3c(c2)OCO3)cc1OC. The first-order chi connectivity index (χ1) is 12.7. The highest BCUT2D eigenvalue weighted by molar-refractivity contribution is 6.14. The first-order valence-corrected chi connectivity index (χ1v) is 8.03. The van der Waals surface area contributed by atoms with Crippen molar-refractivity contribution in [3.05, 3.63) is 53.1 Å². The van der Waals surface area contributed by atoms with Crippen molar-refractivity contribution < 1.29 is 23.7 Å². The van der Waals surface area contributed by atoms with Gasteiger partial charge in [-0.2, -0.15) is 5.26 Å². The van der Waals surface area contributed by atoms with E-state index in [9.17, 15) is 10.1 Å². The van der Waals surface area contributed by atoms with Crippen LogP contribution in [0.3, 0.4) is 0 Å². The molecule has 0 N–H and O–H groups in total. The second kappa shape index (κ2) is 7.62. The van der Waals surface area contributed by atoms with Gasteiger partial charge in [-0.15, -0.1) is 0 Å². The number of hydrogen-bond acceptors (Lipinski definition) is 6. The fourth-order valence-corrected chi connectivity index (χ4v) is 2.56. The van der Waals surface area contributed by atoms with Gasteiger partial charge in [-0.1, -0.05) is 6.07 Å². The van der Waals surface area contributed by atoms with Gasteiger partial charge in [-0.3, -0.25) is 4.79 Å². The van der Waals surface area contributed by atoms with Crippen LogP contribution in [0, 0.1) is 11.3 Å². The molecule has 1 aliphatic heterocycles. The predicted octanol–water partition coefficient (Wildman–Crippen LogP) is 3.61. The Morgan fingerprint density at radius 2 is 2.00 bits per heavy atom. The van der Waals surface area contributed by atoms with Crippen molar-refractivity contribution in [1.82, 2.24) is 0 Å². The summed E-state index contributed by atoms with van der Waals surface area (Å²) in [6, 6.07) is 12.0. The van der Waals surface area contributed by atoms with Gasteiger partial charge in [0.2, 0.25) is 12.6 Å². The van der Waals surface area contributed by atoms with Gasteiger partial charge in [0, 0.05) is 5.56 Å². The number of Topliss-reactive ketones (excluding diaryl/α,β-unsaturated/α-hetero) is 1. The fraction of sp³-hybridized carbons (Fsp3) is 0.200. The Balaban J connectivity index is 1.90. The molecule has 0 bridgehead atoms. The van der Waals surface area contributed by atoms with E-state index >= 15 is 0 Å². The number of hydrogen-bond donors (Lipinski definition) is 0. The molecule has 1 aliphatic rings. The minimum Gasteiger partial charge on any atom is -0.493 e. The molecule has 0 unspecified atom stereocenters. The molecule has 132 valence electrons. The molecule has 26 heavy (non-hydrogen) atoms. The molecule has 0 amide bonds. The van der Waals surface area contributed by atoms with Gasteiger partial charge < -0.3 is 18.9 Å². The summed E-state index contributed by atoms with van der Waals surface area (Å²) in [6.07, 6.45) is 1.52. The Morgan fingerprint density at radius 1 is 1.19 bits per heavy atom. The first-order valence-electron chi connectivity index (χ1n) is 8.03. The van der Waals surface area contributed by atoms with Crippen LogP contribution in [0.1, 0.15) is 22.8 Å². The largest absolute Gasteiger partial charge is 0.493 e. The molecular formula is C20H17NO5. The Kier molecular flexibility index (Phi) is 5.09. The molecular weight excluding hydrogens is 334 g/mol. The van der Waals surface area contributed by atoms with Crippen LogP contribution in [-0.4, -0.2) is 26.3 Å². The number of rotatable bonds is 6. The molecule has 0 aromatic heterocycles. The molecule has 0 aliphatic carbocycles. The molecule has 2 aromatic carbocycles. The monoisotopic (exact) mass is 351 g/mol. The van der Waals surface area contributed by atoms with Crippen molar-refractivity contribution in [2.45, 2.75) is 6.92 Å². The topological polar surface area (TPSA) is 77.8 Å². The summed E-state index contributed by atoms with van der Waals surface area (Å²) in [5, 5.41) is 9.43. The molecule has 0 fully saturated rings. The van der Waals surface area contributed by atoms with Crippen molar-refractivity contribution in [2.24, 2.45) is 0 Å². The van der Waals surface area contributed by atoms with Crippen LogP contribution in [0.25, 0.3) is 6.08 Å². The quantitative estimate of drug-likeness (QED) is 0.449. The second-order valence-electron chi connectivity index (χ2n) is 5.41. The zero-order valence-electron chi connectivity index (χ0n) is 14.4. The number of ether oxygens (including phenoxy) is 4. The molecule has 3 rings (SSSR count). The lowest BCUT2D eigenvalue weighted by Gasteiger charge is -2.09. The lowest BCUT2D eigenvalue weighted by Crippen LogP contribution is -2.02. The Bertz CT molecular complexity index is 911. The zero-order chi connectivity index (χ0) is 18.5. The summed E-state index contributed by atoms with van der Waals surface area (Å²) in [7, 11) is 1.54. The number of methoxy groups -OCH3 is 1. The standard InChI is InChI=1S/C20H17NO5/c1-3-24-16-6-4-13(9-18(16)23-2)8-15(11-21)20(22)14-5-7-17-19(10-14)26-12-25-17/h4-10H,3,12H2,1-2H3/b15-8-. The molecule has 0 radical (unpaired) electrons. The molecule has 0 atom stereocenters. The van der Waals surface area contributed by atoms with E-state index in [4.69, 9.17) is 18.9 Å². The third-order valence-corrected chi connectivity index (χ3v) is 3.80. The van der Waals surface area contributed by atoms with E-state index in [-0.39, 0.29) is 12.4 Å². The van der Waals surface area contributed by atoms with Crippen LogP contribution in [-0.2, 0) is 0 Å². The van der Waals surface area contributed by atoms with Gasteiger partial charge in [-0.05, 0) is 48.9 Å². The highest BCUT2D eigenvalue weighted by Crippen LogP contribution is 2.33. The molecule has 0 spiro atoms. The smallest absolute Gasteiger partial charge is 0.231 e. The van der Waals surface area contributed by atoms with E-state index < -0.39 is 5.78 Å². The zero-order valence-corrected chi connectivity index (χ0v) is 14.4. The van der Waals surface area contributed by atoms with Crippen molar-refractivity contribution in [3.63, 3.8) is 0 Å². The van der Waals surface area contributed by atoms with E-state index in [0.717, 1.165) is 0 Å². The normalized spacial score (nSPS) is 12.4. The van der Waals surface area contributed by atoms with E-state index in [0.29, 0.717) is 40.7 Å². The van der Waals surface area contributed by atoms with Crippen molar-refractivity contribution >= 4 is 11.9 Å². The number of allylic oxidation sites excluding steroid dienone is 1. The third-order valence-electron chi connectivity index (χ3n) is 3.80. The second-order valence-corrected chi connectivity index (χ2v) is 5.41. The number of nitriles is 1. The number of carbonyl (C=O) groups excluding carboxylic acids is 1. The molecule has 6 nitrogen and oxygen atoms in total. The van der Waals surface area contributed by atoms with Gasteiger partial charge >= 0.3 is 0 Å². The minimum atomic E-state index is -0.390. The molecule has 6 heteroatoms. The molecule has 1 heterocycles. The Hall–Kier alpha value is -3.46. The van der Waals surface area contributed by atoms with Crippen LogP contribution in [0.15, 0.2) is 42.0 Å². The maximum atomic E-state index is 12.7. The average molecular weight is 351 g/mol. The lowest BCUT2D eigenvalue weighted by molar-refractivity contribution is 0.103. The fourth-order valence-electron chi connectivity index (χ4n) is 2.56. The highest BCUT2D eigenvalue weighted by Gasteiger charge is 2.18. The van der Waals surface area contributed by atoms with Crippen LogP contribution in [0.2, 0.25) is 0 Å². The molecule has 0 saturated carbocycles. The van der Waals surface area contributed by atoms with Crippen molar-refractivity contribution in [1.29, 1.82) is 5.26 Å². The predicted molar refractivity (Wildman–Crippen MR) is 94.6 cm³/mol. The van der Waals surface area contributed by atoms with Gasteiger partial charge in [0.15, 0.2) is 23.0 Å².